The molecule has 1 saturated heterocycles. The maximum atomic E-state index is 11.3. The molecular weight excluding hydrogens is 154 g/mol. The number of carbonyl (C=O) groups excluding carboxylic acids is 1. The molecule has 0 bridgehead atoms. The van der Waals surface area contributed by atoms with E-state index >= 15 is 0 Å². The summed E-state index contributed by atoms with van der Waals surface area (Å²) in [5.74, 6) is 0.112. The molecule has 3 nitrogen and oxygen atoms in total. The molecule has 0 spiro atoms. The molecule has 0 saturated carbocycles. The van der Waals surface area contributed by atoms with E-state index in [1.165, 1.54) is 4.90 Å². The van der Waals surface area contributed by atoms with Crippen LogP contribution in [0.3, 0.4) is 0 Å². The first kappa shape index (κ1) is 9.52. The number of likely N-dealkylation sites (tertiary alicyclic amines) is 1. The molecular formula is C9H17NO2. The fraction of sp³-hybridized carbons (Fsp3) is 0.778. The Labute approximate surface area is 73.7 Å². The molecule has 1 aliphatic rings. The summed E-state index contributed by atoms with van der Waals surface area (Å²) in [4.78, 5) is 12.5. The lowest BCUT2D eigenvalue weighted by atomic mass is 9.97. The van der Waals surface area contributed by atoms with Gasteiger partial charge in [0.2, 0.25) is 0 Å². The molecule has 3 heteroatoms. The Bertz CT molecular complexity index is 151. The third kappa shape index (κ3) is 2.48. The lowest BCUT2D eigenvalue weighted by Gasteiger charge is -2.29. The number of ether oxygens (including phenoxy) is 1. The number of piperidine rings is 1. The minimum atomic E-state index is -0.0231. The van der Waals surface area contributed by atoms with Crippen molar-refractivity contribution >= 4 is 5.97 Å². The Morgan fingerprint density at radius 3 is 2.67 bits per heavy atom. The van der Waals surface area contributed by atoms with Gasteiger partial charge in [-0.1, -0.05) is 0 Å². The van der Waals surface area contributed by atoms with Crippen LogP contribution in [0.2, 0.25) is 0 Å². The number of quaternary nitrogens is 1. The van der Waals surface area contributed by atoms with Crippen molar-refractivity contribution in [2.75, 3.05) is 19.7 Å². The van der Waals surface area contributed by atoms with Crippen LogP contribution in [0.1, 0.15) is 19.8 Å². The lowest BCUT2D eigenvalue weighted by Crippen LogP contribution is -3.08. The van der Waals surface area contributed by atoms with Crippen LogP contribution in [-0.4, -0.2) is 25.7 Å². The summed E-state index contributed by atoms with van der Waals surface area (Å²) in [6.07, 6.45) is 1.86. The third-order valence-electron chi connectivity index (χ3n) is 2.31. The van der Waals surface area contributed by atoms with Gasteiger partial charge < -0.3 is 9.64 Å². The lowest BCUT2D eigenvalue weighted by molar-refractivity contribution is -0.860. The molecule has 0 aromatic heterocycles. The van der Waals surface area contributed by atoms with Gasteiger partial charge in [-0.25, -0.2) is 0 Å². The van der Waals surface area contributed by atoms with Crippen molar-refractivity contribution < 1.29 is 14.4 Å². The molecule has 0 unspecified atom stereocenters. The van der Waals surface area contributed by atoms with Crippen molar-refractivity contribution in [2.45, 2.75) is 19.8 Å². The van der Waals surface area contributed by atoms with Crippen molar-refractivity contribution in [3.05, 3.63) is 7.05 Å². The summed E-state index contributed by atoms with van der Waals surface area (Å²) in [5, 5.41) is 0. The van der Waals surface area contributed by atoms with E-state index in [0.29, 0.717) is 6.61 Å². The zero-order valence-electron chi connectivity index (χ0n) is 7.64. The van der Waals surface area contributed by atoms with Crippen LogP contribution in [0.25, 0.3) is 0 Å². The van der Waals surface area contributed by atoms with Gasteiger partial charge in [0, 0.05) is 12.8 Å². The van der Waals surface area contributed by atoms with E-state index in [1.54, 1.807) is 0 Å². The molecule has 0 atom stereocenters. The SMILES string of the molecule is [CH2-][NH+]1CCC(C(=O)OCC)CC1. The fourth-order valence-corrected chi connectivity index (χ4v) is 1.52. The molecule has 0 amide bonds. The van der Waals surface area contributed by atoms with E-state index in [4.69, 9.17) is 4.74 Å². The highest BCUT2D eigenvalue weighted by Gasteiger charge is 2.24. The van der Waals surface area contributed by atoms with E-state index in [2.05, 4.69) is 7.05 Å². The summed E-state index contributed by atoms with van der Waals surface area (Å²) in [7, 11) is 3.90. The molecule has 0 aromatic rings. The normalized spacial score (nSPS) is 29.8. The van der Waals surface area contributed by atoms with Crippen LogP contribution in [0, 0.1) is 13.0 Å². The highest BCUT2D eigenvalue weighted by atomic mass is 16.5. The molecule has 1 aliphatic heterocycles. The summed E-state index contributed by atoms with van der Waals surface area (Å²) < 4.78 is 4.95. The second-order valence-electron chi connectivity index (χ2n) is 3.28. The number of esters is 1. The predicted octanol–water partition coefficient (Wildman–Crippen LogP) is -0.364. The number of carbonyl (C=O) groups is 1. The van der Waals surface area contributed by atoms with Crippen LogP contribution in [-0.2, 0) is 9.53 Å². The Balaban J connectivity index is 2.29. The van der Waals surface area contributed by atoms with Crippen LogP contribution >= 0.6 is 0 Å². The summed E-state index contributed by atoms with van der Waals surface area (Å²) >= 11 is 0. The number of hydrogen-bond donors (Lipinski definition) is 1. The Kier molecular flexibility index (Phi) is 3.53. The highest BCUT2D eigenvalue weighted by Crippen LogP contribution is 2.11. The minimum Gasteiger partial charge on any atom is -0.468 e. The van der Waals surface area contributed by atoms with Crippen molar-refractivity contribution in [1.29, 1.82) is 0 Å². The van der Waals surface area contributed by atoms with Crippen LogP contribution in [0.15, 0.2) is 0 Å². The third-order valence-corrected chi connectivity index (χ3v) is 2.31. The second-order valence-corrected chi connectivity index (χ2v) is 3.28. The van der Waals surface area contributed by atoms with E-state index in [0.717, 1.165) is 25.9 Å². The van der Waals surface area contributed by atoms with Gasteiger partial charge in [0.1, 0.15) is 0 Å². The van der Waals surface area contributed by atoms with Gasteiger partial charge in [-0.15, -0.1) is 0 Å². The van der Waals surface area contributed by atoms with E-state index < -0.39 is 0 Å². The predicted molar refractivity (Wildman–Crippen MR) is 45.4 cm³/mol. The fourth-order valence-electron chi connectivity index (χ4n) is 1.52. The number of nitrogens with one attached hydrogen (secondary N) is 1. The largest absolute Gasteiger partial charge is 0.468 e. The molecule has 0 aromatic carbocycles. The zero-order valence-corrected chi connectivity index (χ0v) is 7.64. The first-order chi connectivity index (χ1) is 5.74. The standard InChI is InChI=1S/C9H17NO2/c1-3-12-9(11)8-4-6-10(2)7-5-8/h8,10H,2-7H2,1H3. The maximum Gasteiger partial charge on any atom is 0.309 e. The highest BCUT2D eigenvalue weighted by molar-refractivity contribution is 5.72. The van der Waals surface area contributed by atoms with E-state index in [-0.39, 0.29) is 11.9 Å². The average molecular weight is 171 g/mol. The molecule has 1 fully saturated rings. The number of hydrogen-bond acceptors (Lipinski definition) is 2. The average Bonchev–Trinajstić information content (AvgIpc) is 2.06. The molecule has 0 radical (unpaired) electrons. The van der Waals surface area contributed by atoms with Crippen LogP contribution in [0.5, 0.6) is 0 Å². The van der Waals surface area contributed by atoms with Crippen molar-refractivity contribution in [3.63, 3.8) is 0 Å². The molecule has 1 rings (SSSR count). The van der Waals surface area contributed by atoms with Crippen LogP contribution < -0.4 is 4.90 Å². The number of rotatable bonds is 2. The van der Waals surface area contributed by atoms with Gasteiger partial charge in [-0.3, -0.25) is 4.79 Å². The van der Waals surface area contributed by atoms with E-state index in [9.17, 15) is 4.79 Å². The molecule has 1 N–H and O–H groups in total. The topological polar surface area (TPSA) is 30.7 Å². The molecule has 1 heterocycles. The van der Waals surface area contributed by atoms with Gasteiger partial charge in [0.15, 0.2) is 0 Å². The van der Waals surface area contributed by atoms with Crippen molar-refractivity contribution in [2.24, 2.45) is 5.92 Å². The van der Waals surface area contributed by atoms with Gasteiger partial charge in [0.25, 0.3) is 0 Å². The minimum absolute atomic E-state index is 0.0231. The Morgan fingerprint density at radius 2 is 2.17 bits per heavy atom. The Morgan fingerprint density at radius 1 is 1.58 bits per heavy atom. The van der Waals surface area contributed by atoms with Crippen molar-refractivity contribution in [1.82, 2.24) is 0 Å². The smallest absolute Gasteiger partial charge is 0.309 e. The zero-order chi connectivity index (χ0) is 8.97. The van der Waals surface area contributed by atoms with Crippen molar-refractivity contribution in [3.8, 4) is 0 Å². The summed E-state index contributed by atoms with van der Waals surface area (Å²) in [6, 6.07) is 0. The Hall–Kier alpha value is -0.570. The quantitative estimate of drug-likeness (QED) is 0.454. The first-order valence-corrected chi connectivity index (χ1v) is 4.57. The van der Waals surface area contributed by atoms with Gasteiger partial charge >= 0.3 is 5.97 Å². The monoisotopic (exact) mass is 171 g/mol. The molecule has 0 aliphatic carbocycles. The molecule has 70 valence electrons. The van der Waals surface area contributed by atoms with Gasteiger partial charge in [-0.05, 0) is 6.92 Å². The van der Waals surface area contributed by atoms with Gasteiger partial charge in [-0.2, -0.15) is 7.05 Å². The summed E-state index contributed by atoms with van der Waals surface area (Å²) in [5.41, 5.74) is 0. The summed E-state index contributed by atoms with van der Waals surface area (Å²) in [6.45, 7) is 4.32. The second kappa shape index (κ2) is 4.45. The van der Waals surface area contributed by atoms with E-state index in [1.807, 2.05) is 6.92 Å². The maximum absolute atomic E-state index is 11.3. The van der Waals surface area contributed by atoms with Gasteiger partial charge in [0.05, 0.1) is 25.6 Å². The van der Waals surface area contributed by atoms with Crippen LogP contribution in [0.4, 0.5) is 0 Å². The first-order valence-electron chi connectivity index (χ1n) is 4.57. The molecule has 12 heavy (non-hydrogen) atoms.